The lowest BCUT2D eigenvalue weighted by Gasteiger charge is -2.07. The van der Waals surface area contributed by atoms with Crippen LogP contribution in [-0.2, 0) is 0 Å². The van der Waals surface area contributed by atoms with Crippen LogP contribution < -0.4 is 9.39 Å². The number of halogens is 1. The third kappa shape index (κ3) is 2.15. The van der Waals surface area contributed by atoms with Crippen molar-refractivity contribution < 1.29 is 14.4 Å². The molecule has 0 unspecified atom stereocenters. The van der Waals surface area contributed by atoms with Gasteiger partial charge in [0.25, 0.3) is 0 Å². The van der Waals surface area contributed by atoms with E-state index in [2.05, 4.69) is 15.9 Å². The average molecular weight is 230 g/mol. The molecular weight excluding hydrogens is 223 g/mol. The summed E-state index contributed by atoms with van der Waals surface area (Å²) in [5.74, 6) is 1.04. The van der Waals surface area contributed by atoms with Gasteiger partial charge in [-0.2, -0.15) is 0 Å². The summed E-state index contributed by atoms with van der Waals surface area (Å²) < 4.78 is 10.6. The van der Waals surface area contributed by atoms with Crippen molar-refractivity contribution in [2.45, 2.75) is 0 Å². The van der Waals surface area contributed by atoms with Crippen LogP contribution in [0.5, 0.6) is 11.5 Å². The fourth-order valence-electron chi connectivity index (χ4n) is 0.799. The molecule has 0 bridgehead atoms. The Morgan fingerprint density at radius 2 is 2.17 bits per heavy atom. The molecule has 0 atom stereocenters. The summed E-state index contributed by atoms with van der Waals surface area (Å²) in [6, 6.07) is 5.26. The molecule has 0 aliphatic rings. The Kier molecular flexibility index (Phi) is 3.43. The van der Waals surface area contributed by atoms with Gasteiger partial charge in [0, 0.05) is 4.47 Å². The van der Waals surface area contributed by atoms with Gasteiger partial charge in [0.15, 0.2) is 5.75 Å². The van der Waals surface area contributed by atoms with Gasteiger partial charge in [-0.05, 0) is 18.2 Å². The molecule has 1 N–H and O–H groups in total. The molecule has 0 saturated carbocycles. The first kappa shape index (κ1) is 9.41. The number of hydrogen-bond acceptors (Lipinski definition) is 3. The van der Waals surface area contributed by atoms with Gasteiger partial charge in [-0.15, -0.1) is 0 Å². The summed E-state index contributed by atoms with van der Waals surface area (Å²) in [4.78, 5) is 0. The molecule has 0 aliphatic heterocycles. The van der Waals surface area contributed by atoms with Gasteiger partial charge in [-0.3, -0.25) is 0 Å². The van der Waals surface area contributed by atoms with Crippen molar-refractivity contribution >= 4 is 23.6 Å². The molecule has 0 aliphatic carbocycles. The Labute approximate surface area is 79.7 Å². The largest absolute Gasteiger partial charge is 0.569 e. The predicted molar refractivity (Wildman–Crippen MR) is 49.3 cm³/mol. The quantitative estimate of drug-likeness (QED) is 0.796. The Hall–Kier alpha value is -0.675. The Bertz CT molecular complexity index is 267. The first-order valence-electron chi connectivity index (χ1n) is 3.24. The van der Waals surface area contributed by atoms with E-state index in [0.29, 0.717) is 19.2 Å². The van der Waals surface area contributed by atoms with E-state index in [9.17, 15) is 0 Å². The highest BCUT2D eigenvalue weighted by atomic mass is 79.9. The Balaban J connectivity index is 2.95. The highest BCUT2D eigenvalue weighted by Crippen LogP contribution is 2.29. The van der Waals surface area contributed by atoms with Crippen LogP contribution in [0.2, 0.25) is 0 Å². The highest BCUT2D eigenvalue weighted by Gasteiger charge is 2.04. The summed E-state index contributed by atoms with van der Waals surface area (Å²) in [6.45, 7) is 0. The standard InChI is InChI=1S/C7H7BBrO3/c1-11-6-3-2-5(9)4-7(6)12-8-10/h2-4,10H,1H3. The fraction of sp³-hybridized carbons (Fsp3) is 0.143. The topological polar surface area (TPSA) is 38.7 Å². The van der Waals surface area contributed by atoms with E-state index in [1.807, 2.05) is 6.07 Å². The Morgan fingerprint density at radius 1 is 1.42 bits per heavy atom. The van der Waals surface area contributed by atoms with Crippen LogP contribution in [-0.4, -0.2) is 19.8 Å². The van der Waals surface area contributed by atoms with Crippen LogP contribution in [0.15, 0.2) is 22.7 Å². The van der Waals surface area contributed by atoms with Crippen molar-refractivity contribution in [2.75, 3.05) is 7.11 Å². The fourth-order valence-corrected chi connectivity index (χ4v) is 1.14. The lowest BCUT2D eigenvalue weighted by atomic mass is 10.3. The summed E-state index contributed by atoms with van der Waals surface area (Å²) in [5, 5.41) is 8.41. The smallest absolute Gasteiger partial charge is 0.535 e. The van der Waals surface area contributed by atoms with Gasteiger partial charge in [0.1, 0.15) is 5.75 Å². The zero-order valence-electron chi connectivity index (χ0n) is 6.45. The van der Waals surface area contributed by atoms with E-state index in [1.165, 1.54) is 7.11 Å². The van der Waals surface area contributed by atoms with Gasteiger partial charge < -0.3 is 14.4 Å². The number of methoxy groups -OCH3 is 1. The number of rotatable bonds is 3. The van der Waals surface area contributed by atoms with Gasteiger partial charge in [0.05, 0.1) is 7.11 Å². The maximum atomic E-state index is 8.41. The molecule has 1 rings (SSSR count). The second-order valence-electron chi connectivity index (χ2n) is 2.02. The molecule has 5 heteroatoms. The molecule has 1 radical (unpaired) electrons. The molecule has 1 aromatic rings. The first-order valence-corrected chi connectivity index (χ1v) is 4.03. The SMILES string of the molecule is COc1ccc(Br)cc1O[B]O. The average Bonchev–Trinajstić information content (AvgIpc) is 2.05. The molecule has 12 heavy (non-hydrogen) atoms. The minimum absolute atomic E-state index is 0.467. The summed E-state index contributed by atoms with van der Waals surface area (Å²) >= 11 is 3.26. The zero-order chi connectivity index (χ0) is 8.97. The van der Waals surface area contributed by atoms with Crippen molar-refractivity contribution in [3.05, 3.63) is 22.7 Å². The van der Waals surface area contributed by atoms with E-state index in [1.54, 1.807) is 12.1 Å². The lowest BCUT2D eigenvalue weighted by Crippen LogP contribution is -2.01. The van der Waals surface area contributed by atoms with E-state index in [0.717, 1.165) is 4.47 Å². The minimum atomic E-state index is 0.467. The molecule has 0 spiro atoms. The van der Waals surface area contributed by atoms with Gasteiger partial charge in [0.2, 0.25) is 0 Å². The summed E-state index contributed by atoms with van der Waals surface area (Å²) in [6.07, 6.45) is 0. The van der Waals surface area contributed by atoms with Crippen LogP contribution in [0, 0.1) is 0 Å². The summed E-state index contributed by atoms with van der Waals surface area (Å²) in [7, 11) is 2.15. The third-order valence-electron chi connectivity index (χ3n) is 1.31. The van der Waals surface area contributed by atoms with E-state index in [-0.39, 0.29) is 0 Å². The second-order valence-corrected chi connectivity index (χ2v) is 2.93. The zero-order valence-corrected chi connectivity index (χ0v) is 8.04. The van der Waals surface area contributed by atoms with Crippen LogP contribution in [0.25, 0.3) is 0 Å². The molecule has 0 saturated heterocycles. The molecule has 0 amide bonds. The molecule has 1 aromatic carbocycles. The predicted octanol–water partition coefficient (Wildman–Crippen LogP) is 1.36. The molecule has 0 fully saturated rings. The van der Waals surface area contributed by atoms with Crippen LogP contribution >= 0.6 is 15.9 Å². The van der Waals surface area contributed by atoms with Crippen molar-refractivity contribution in [1.82, 2.24) is 0 Å². The molecular formula is C7H7BBrO3. The second kappa shape index (κ2) is 4.38. The third-order valence-corrected chi connectivity index (χ3v) is 1.80. The monoisotopic (exact) mass is 229 g/mol. The lowest BCUT2D eigenvalue weighted by molar-refractivity contribution is 0.381. The van der Waals surface area contributed by atoms with Gasteiger partial charge in [-0.25, -0.2) is 0 Å². The molecule has 0 aromatic heterocycles. The van der Waals surface area contributed by atoms with Gasteiger partial charge in [-0.1, -0.05) is 15.9 Å². The number of hydrogen-bond donors (Lipinski definition) is 1. The Morgan fingerprint density at radius 3 is 2.75 bits per heavy atom. The first-order chi connectivity index (χ1) is 5.77. The minimum Gasteiger partial charge on any atom is -0.535 e. The maximum Gasteiger partial charge on any atom is 0.569 e. The number of ether oxygens (including phenoxy) is 1. The van der Waals surface area contributed by atoms with Crippen molar-refractivity contribution in [2.24, 2.45) is 0 Å². The molecule has 0 heterocycles. The van der Waals surface area contributed by atoms with E-state index in [4.69, 9.17) is 14.4 Å². The normalized spacial score (nSPS) is 9.25. The molecule has 63 valence electrons. The van der Waals surface area contributed by atoms with E-state index >= 15 is 0 Å². The maximum absolute atomic E-state index is 8.41. The van der Waals surface area contributed by atoms with Crippen molar-refractivity contribution in [3.8, 4) is 11.5 Å². The summed E-state index contributed by atoms with van der Waals surface area (Å²) in [5.41, 5.74) is 0. The van der Waals surface area contributed by atoms with E-state index < -0.39 is 0 Å². The van der Waals surface area contributed by atoms with Crippen LogP contribution in [0.1, 0.15) is 0 Å². The van der Waals surface area contributed by atoms with Crippen LogP contribution in [0.3, 0.4) is 0 Å². The van der Waals surface area contributed by atoms with Crippen molar-refractivity contribution in [3.63, 3.8) is 0 Å². The van der Waals surface area contributed by atoms with Gasteiger partial charge >= 0.3 is 7.69 Å². The number of benzene rings is 1. The highest BCUT2D eigenvalue weighted by molar-refractivity contribution is 9.10. The van der Waals surface area contributed by atoms with Crippen molar-refractivity contribution in [1.29, 1.82) is 0 Å². The molecule has 3 nitrogen and oxygen atoms in total. The van der Waals surface area contributed by atoms with Crippen LogP contribution in [0.4, 0.5) is 0 Å².